The van der Waals surface area contributed by atoms with Crippen molar-refractivity contribution in [2.75, 3.05) is 30.7 Å². The smallest absolute Gasteiger partial charge is 0.274 e. The average Bonchev–Trinajstić information content (AvgIpc) is 2.39. The van der Waals surface area contributed by atoms with Crippen LogP contribution in [0.2, 0.25) is 5.02 Å². The van der Waals surface area contributed by atoms with Gasteiger partial charge in [-0.15, -0.1) is 0 Å². The molecule has 1 N–H and O–H groups in total. The maximum absolute atomic E-state index is 12.6. The van der Waals surface area contributed by atoms with E-state index in [4.69, 9.17) is 11.6 Å². The van der Waals surface area contributed by atoms with E-state index in [2.05, 4.69) is 24.1 Å². The Kier molecular flexibility index (Phi) is 4.81. The highest BCUT2D eigenvalue weighted by molar-refractivity contribution is 8.00. The number of rotatable bonds is 3. The standard InChI is InChI=1S/C14H20ClN3OS/c1-4-16-11-6-5-10(15)12(17-11)13(19)18-7-8-20-14(2,3)9-18/h5-6H,4,7-9H2,1-3H3,(H,16,17). The van der Waals surface area contributed by atoms with Crippen LogP contribution in [0, 0.1) is 0 Å². The van der Waals surface area contributed by atoms with Crippen molar-refractivity contribution in [2.24, 2.45) is 0 Å². The Morgan fingerprint density at radius 2 is 2.30 bits per heavy atom. The number of thioether (sulfide) groups is 1. The van der Waals surface area contributed by atoms with E-state index in [9.17, 15) is 4.79 Å². The first-order valence-electron chi connectivity index (χ1n) is 6.76. The second-order valence-electron chi connectivity index (χ2n) is 5.39. The van der Waals surface area contributed by atoms with Gasteiger partial charge in [-0.1, -0.05) is 11.6 Å². The molecule has 6 heteroatoms. The van der Waals surface area contributed by atoms with E-state index in [0.29, 0.717) is 16.5 Å². The molecule has 0 saturated carbocycles. The molecule has 2 heterocycles. The third-order valence-corrected chi connectivity index (χ3v) is 4.72. The highest BCUT2D eigenvalue weighted by atomic mass is 35.5. The van der Waals surface area contributed by atoms with Crippen molar-refractivity contribution < 1.29 is 4.79 Å². The Balaban J connectivity index is 2.21. The molecule has 1 amide bonds. The lowest BCUT2D eigenvalue weighted by Gasteiger charge is -2.37. The summed E-state index contributed by atoms with van der Waals surface area (Å²) in [6.07, 6.45) is 0. The molecule has 0 bridgehead atoms. The van der Waals surface area contributed by atoms with Gasteiger partial charge in [0.1, 0.15) is 11.5 Å². The summed E-state index contributed by atoms with van der Waals surface area (Å²) in [7, 11) is 0. The van der Waals surface area contributed by atoms with Crippen LogP contribution in [-0.4, -0.2) is 45.9 Å². The minimum Gasteiger partial charge on any atom is -0.370 e. The van der Waals surface area contributed by atoms with E-state index in [1.54, 1.807) is 12.1 Å². The summed E-state index contributed by atoms with van der Waals surface area (Å²) in [5.74, 6) is 1.55. The molecule has 1 fully saturated rings. The second-order valence-corrected chi connectivity index (χ2v) is 7.60. The summed E-state index contributed by atoms with van der Waals surface area (Å²) in [5, 5.41) is 3.51. The fourth-order valence-electron chi connectivity index (χ4n) is 2.21. The zero-order valence-electron chi connectivity index (χ0n) is 12.1. The van der Waals surface area contributed by atoms with Gasteiger partial charge in [0.2, 0.25) is 0 Å². The second kappa shape index (κ2) is 6.22. The highest BCUT2D eigenvalue weighted by Gasteiger charge is 2.31. The van der Waals surface area contributed by atoms with Crippen LogP contribution in [0.25, 0.3) is 0 Å². The minimum atomic E-state index is -0.0804. The summed E-state index contributed by atoms with van der Waals surface area (Å²) in [6.45, 7) is 8.52. The fourth-order valence-corrected chi connectivity index (χ4v) is 3.51. The van der Waals surface area contributed by atoms with Gasteiger partial charge in [-0.25, -0.2) is 4.98 Å². The maximum atomic E-state index is 12.6. The molecule has 0 aliphatic carbocycles. The lowest BCUT2D eigenvalue weighted by molar-refractivity contribution is 0.0742. The number of halogens is 1. The van der Waals surface area contributed by atoms with Gasteiger partial charge in [0.05, 0.1) is 5.02 Å². The van der Waals surface area contributed by atoms with E-state index in [-0.39, 0.29) is 10.7 Å². The SMILES string of the molecule is CCNc1ccc(Cl)c(C(=O)N2CCSC(C)(C)C2)n1. The van der Waals surface area contributed by atoms with Crippen LogP contribution < -0.4 is 5.32 Å². The van der Waals surface area contributed by atoms with Crippen LogP contribution in [0.15, 0.2) is 12.1 Å². The van der Waals surface area contributed by atoms with Crippen LogP contribution in [-0.2, 0) is 0 Å². The Morgan fingerprint density at radius 3 is 2.95 bits per heavy atom. The molecule has 1 aromatic heterocycles. The van der Waals surface area contributed by atoms with Crippen molar-refractivity contribution in [2.45, 2.75) is 25.5 Å². The van der Waals surface area contributed by atoms with Gasteiger partial charge in [0.15, 0.2) is 0 Å². The topological polar surface area (TPSA) is 45.2 Å². The number of amides is 1. The molecule has 1 aliphatic heterocycles. The normalized spacial score (nSPS) is 17.9. The van der Waals surface area contributed by atoms with Crippen molar-refractivity contribution in [1.29, 1.82) is 0 Å². The van der Waals surface area contributed by atoms with Crippen molar-refractivity contribution in [3.8, 4) is 0 Å². The first-order valence-corrected chi connectivity index (χ1v) is 8.13. The van der Waals surface area contributed by atoms with Crippen molar-refractivity contribution in [1.82, 2.24) is 9.88 Å². The third-order valence-electron chi connectivity index (χ3n) is 3.12. The molecular formula is C14H20ClN3OS. The van der Waals surface area contributed by atoms with Crippen LogP contribution in [0.5, 0.6) is 0 Å². The Hall–Kier alpha value is -0.940. The van der Waals surface area contributed by atoms with E-state index in [1.165, 1.54) is 0 Å². The molecule has 0 unspecified atom stereocenters. The average molecular weight is 314 g/mol. The van der Waals surface area contributed by atoms with Crippen LogP contribution in [0.4, 0.5) is 5.82 Å². The Labute approximate surface area is 129 Å². The molecule has 1 aliphatic rings. The van der Waals surface area contributed by atoms with E-state index >= 15 is 0 Å². The van der Waals surface area contributed by atoms with Gasteiger partial charge < -0.3 is 10.2 Å². The Morgan fingerprint density at radius 1 is 1.55 bits per heavy atom. The fraction of sp³-hybridized carbons (Fsp3) is 0.571. The lowest BCUT2D eigenvalue weighted by atomic mass is 10.1. The number of carbonyl (C=O) groups is 1. The summed E-state index contributed by atoms with van der Waals surface area (Å²) >= 11 is 8.03. The quantitative estimate of drug-likeness (QED) is 0.931. The number of anilines is 1. The minimum absolute atomic E-state index is 0.0804. The number of carbonyl (C=O) groups excluding carboxylic acids is 1. The highest BCUT2D eigenvalue weighted by Crippen LogP contribution is 2.30. The molecule has 4 nitrogen and oxygen atoms in total. The first-order chi connectivity index (χ1) is 9.43. The molecule has 20 heavy (non-hydrogen) atoms. The van der Waals surface area contributed by atoms with E-state index in [1.807, 2.05) is 23.6 Å². The van der Waals surface area contributed by atoms with Gasteiger partial charge in [0.25, 0.3) is 5.91 Å². The number of nitrogens with one attached hydrogen (secondary N) is 1. The summed E-state index contributed by atoms with van der Waals surface area (Å²) in [4.78, 5) is 18.8. The molecule has 0 spiro atoms. The lowest BCUT2D eigenvalue weighted by Crippen LogP contribution is -2.46. The molecule has 0 atom stereocenters. The predicted octanol–water partition coefficient (Wildman–Crippen LogP) is 3.13. The number of hydrogen-bond acceptors (Lipinski definition) is 4. The van der Waals surface area contributed by atoms with Crippen molar-refractivity contribution >= 4 is 35.1 Å². The van der Waals surface area contributed by atoms with Crippen LogP contribution in [0.3, 0.4) is 0 Å². The van der Waals surface area contributed by atoms with Gasteiger partial charge in [0, 0.05) is 30.1 Å². The molecule has 1 saturated heterocycles. The molecule has 2 rings (SSSR count). The monoisotopic (exact) mass is 313 g/mol. The van der Waals surface area contributed by atoms with Gasteiger partial charge in [-0.2, -0.15) is 11.8 Å². The largest absolute Gasteiger partial charge is 0.370 e. The van der Waals surface area contributed by atoms with E-state index in [0.717, 1.165) is 25.4 Å². The molecule has 1 aromatic rings. The van der Waals surface area contributed by atoms with Gasteiger partial charge >= 0.3 is 0 Å². The Bertz CT molecular complexity index is 507. The van der Waals surface area contributed by atoms with Crippen molar-refractivity contribution in [3.63, 3.8) is 0 Å². The zero-order valence-corrected chi connectivity index (χ0v) is 13.6. The summed E-state index contributed by atoms with van der Waals surface area (Å²) in [6, 6.07) is 3.52. The summed E-state index contributed by atoms with van der Waals surface area (Å²) < 4.78 is 0.0830. The summed E-state index contributed by atoms with van der Waals surface area (Å²) in [5.41, 5.74) is 0.341. The van der Waals surface area contributed by atoms with Gasteiger partial charge in [-0.3, -0.25) is 4.79 Å². The number of pyridine rings is 1. The van der Waals surface area contributed by atoms with E-state index < -0.39 is 0 Å². The molecular weight excluding hydrogens is 294 g/mol. The number of hydrogen-bond donors (Lipinski definition) is 1. The van der Waals surface area contributed by atoms with Gasteiger partial charge in [-0.05, 0) is 32.9 Å². The zero-order chi connectivity index (χ0) is 14.8. The number of aromatic nitrogens is 1. The predicted molar refractivity (Wildman–Crippen MR) is 85.9 cm³/mol. The van der Waals surface area contributed by atoms with Crippen molar-refractivity contribution in [3.05, 3.63) is 22.8 Å². The third kappa shape index (κ3) is 3.58. The maximum Gasteiger partial charge on any atom is 0.274 e. The number of nitrogens with zero attached hydrogens (tertiary/aromatic N) is 2. The van der Waals surface area contributed by atoms with Crippen LogP contribution in [0.1, 0.15) is 31.3 Å². The molecule has 110 valence electrons. The molecule has 0 aromatic carbocycles. The first kappa shape index (κ1) is 15.4. The molecule has 0 radical (unpaired) electrons. The van der Waals surface area contributed by atoms with Crippen LogP contribution >= 0.6 is 23.4 Å².